The summed E-state index contributed by atoms with van der Waals surface area (Å²) < 4.78 is 46.3. The van der Waals surface area contributed by atoms with Crippen LogP contribution in [0.1, 0.15) is 17.3 Å². The third kappa shape index (κ3) is 7.45. The third-order valence-electron chi connectivity index (χ3n) is 3.07. The van der Waals surface area contributed by atoms with Gasteiger partial charge in [0, 0.05) is 32.1 Å². The molecule has 0 spiro atoms. The average Bonchev–Trinajstić information content (AvgIpc) is 2.96. The Hall–Kier alpha value is -2.05. The van der Waals surface area contributed by atoms with E-state index in [1.807, 2.05) is 0 Å². The van der Waals surface area contributed by atoms with Crippen LogP contribution in [-0.2, 0) is 13.0 Å². The summed E-state index contributed by atoms with van der Waals surface area (Å²) in [5.41, 5.74) is 0.357. The summed E-state index contributed by atoms with van der Waals surface area (Å²) in [5.74, 6) is 1.22. The van der Waals surface area contributed by atoms with Crippen LogP contribution < -0.4 is 15.4 Å². The highest BCUT2D eigenvalue weighted by molar-refractivity contribution is 14.0. The smallest absolute Gasteiger partial charge is 0.405 e. The zero-order valence-corrected chi connectivity index (χ0v) is 16.5. The number of para-hydroxylation sites is 1. The van der Waals surface area contributed by atoms with E-state index in [1.165, 1.54) is 12.1 Å². The van der Waals surface area contributed by atoms with E-state index in [2.05, 4.69) is 30.5 Å². The van der Waals surface area contributed by atoms with Crippen LogP contribution >= 0.6 is 24.0 Å². The highest BCUT2D eigenvalue weighted by Crippen LogP contribution is 2.25. The Morgan fingerprint density at radius 2 is 2.00 bits per heavy atom. The zero-order chi connectivity index (χ0) is 18.3. The molecule has 2 rings (SSSR count). The zero-order valence-electron chi connectivity index (χ0n) is 14.1. The number of guanidine groups is 1. The van der Waals surface area contributed by atoms with Crippen molar-refractivity contribution < 1.29 is 22.4 Å². The average molecular weight is 485 g/mol. The van der Waals surface area contributed by atoms with Crippen LogP contribution in [0.4, 0.5) is 13.2 Å². The number of halogens is 4. The Kier molecular flexibility index (Phi) is 8.61. The number of nitrogens with zero attached hydrogens (tertiary/aromatic N) is 3. The molecule has 11 heteroatoms. The first-order chi connectivity index (χ1) is 11.9. The summed E-state index contributed by atoms with van der Waals surface area (Å²) in [7, 11) is 1.56. The van der Waals surface area contributed by atoms with Gasteiger partial charge in [0.05, 0.1) is 0 Å². The molecule has 0 bridgehead atoms. The van der Waals surface area contributed by atoms with Gasteiger partial charge in [0.2, 0.25) is 5.89 Å². The highest BCUT2D eigenvalue weighted by atomic mass is 127. The van der Waals surface area contributed by atoms with E-state index in [0.717, 1.165) is 0 Å². The molecule has 1 heterocycles. The number of alkyl halides is 3. The molecule has 0 unspecified atom stereocenters. The molecule has 0 saturated heterocycles. The number of benzene rings is 1. The van der Waals surface area contributed by atoms with Gasteiger partial charge < -0.3 is 19.9 Å². The van der Waals surface area contributed by atoms with E-state index in [0.29, 0.717) is 36.2 Å². The molecule has 0 atom stereocenters. The molecule has 2 aromatic rings. The monoisotopic (exact) mass is 485 g/mol. The van der Waals surface area contributed by atoms with Crippen LogP contribution in [-0.4, -0.2) is 36.1 Å². The van der Waals surface area contributed by atoms with Gasteiger partial charge in [-0.25, -0.2) is 0 Å². The van der Waals surface area contributed by atoms with Gasteiger partial charge in [-0.1, -0.05) is 23.4 Å². The van der Waals surface area contributed by atoms with Gasteiger partial charge in [0.25, 0.3) is 0 Å². The van der Waals surface area contributed by atoms with Gasteiger partial charge in [0.15, 0.2) is 11.8 Å². The lowest BCUT2D eigenvalue weighted by Gasteiger charge is -2.15. The van der Waals surface area contributed by atoms with E-state index in [-0.39, 0.29) is 36.3 Å². The highest BCUT2D eigenvalue weighted by Gasteiger charge is 2.31. The van der Waals surface area contributed by atoms with E-state index in [9.17, 15) is 13.2 Å². The second kappa shape index (κ2) is 10.2. The van der Waals surface area contributed by atoms with Gasteiger partial charge in [-0.15, -0.1) is 37.1 Å². The normalized spacial score (nSPS) is 11.7. The Labute approximate surface area is 165 Å². The Morgan fingerprint density at radius 1 is 1.27 bits per heavy atom. The maximum Gasteiger partial charge on any atom is 0.573 e. The topological polar surface area (TPSA) is 84.6 Å². The fourth-order valence-corrected chi connectivity index (χ4v) is 2.00. The second-order valence-electron chi connectivity index (χ2n) is 4.99. The van der Waals surface area contributed by atoms with Crippen molar-refractivity contribution in [2.24, 2.45) is 4.99 Å². The SMILES string of the molecule is CN=C(NCCc1nc(C)no1)NCc1ccccc1OC(F)(F)F.I. The van der Waals surface area contributed by atoms with Crippen molar-refractivity contribution in [3.63, 3.8) is 0 Å². The second-order valence-corrected chi connectivity index (χ2v) is 4.99. The Morgan fingerprint density at radius 3 is 2.62 bits per heavy atom. The molecule has 0 fully saturated rings. The first-order valence-electron chi connectivity index (χ1n) is 7.45. The lowest BCUT2D eigenvalue weighted by molar-refractivity contribution is -0.274. The Bertz CT molecular complexity index is 721. The van der Waals surface area contributed by atoms with Crippen molar-refractivity contribution in [2.45, 2.75) is 26.3 Å². The summed E-state index contributed by atoms with van der Waals surface area (Å²) >= 11 is 0. The van der Waals surface area contributed by atoms with Crippen LogP contribution in [0.5, 0.6) is 5.75 Å². The van der Waals surface area contributed by atoms with Gasteiger partial charge in [-0.2, -0.15) is 4.98 Å². The van der Waals surface area contributed by atoms with Crippen LogP contribution in [0.3, 0.4) is 0 Å². The number of rotatable bonds is 6. The molecule has 26 heavy (non-hydrogen) atoms. The minimum absolute atomic E-state index is 0. The molecule has 1 aromatic heterocycles. The number of hydrogen-bond donors (Lipinski definition) is 2. The first kappa shape index (κ1) is 22.0. The number of nitrogens with one attached hydrogen (secondary N) is 2. The van der Waals surface area contributed by atoms with E-state index >= 15 is 0 Å². The fraction of sp³-hybridized carbons (Fsp3) is 0.400. The van der Waals surface area contributed by atoms with Crippen LogP contribution in [0.2, 0.25) is 0 Å². The van der Waals surface area contributed by atoms with Crippen molar-refractivity contribution in [1.82, 2.24) is 20.8 Å². The van der Waals surface area contributed by atoms with Crippen molar-refractivity contribution in [3.05, 3.63) is 41.5 Å². The van der Waals surface area contributed by atoms with E-state index in [1.54, 1.807) is 26.1 Å². The predicted molar refractivity (Wildman–Crippen MR) is 99.5 cm³/mol. The third-order valence-corrected chi connectivity index (χ3v) is 3.07. The molecule has 0 saturated carbocycles. The summed E-state index contributed by atoms with van der Waals surface area (Å²) in [6.45, 7) is 2.31. The summed E-state index contributed by atoms with van der Waals surface area (Å²) in [4.78, 5) is 8.08. The molecule has 0 aliphatic heterocycles. The molecule has 0 radical (unpaired) electrons. The number of ether oxygens (including phenoxy) is 1. The molecule has 0 aliphatic carbocycles. The molecule has 0 aliphatic rings. The lowest BCUT2D eigenvalue weighted by Crippen LogP contribution is -2.38. The minimum Gasteiger partial charge on any atom is -0.405 e. The van der Waals surface area contributed by atoms with Crippen molar-refractivity contribution in [1.29, 1.82) is 0 Å². The van der Waals surface area contributed by atoms with Gasteiger partial charge in [-0.05, 0) is 13.0 Å². The van der Waals surface area contributed by atoms with Gasteiger partial charge in [-0.3, -0.25) is 4.99 Å². The van der Waals surface area contributed by atoms with Crippen molar-refractivity contribution in [3.8, 4) is 5.75 Å². The standard InChI is InChI=1S/C15H18F3N5O2.HI/c1-10-22-13(25-23-10)7-8-20-14(19-2)21-9-11-5-3-4-6-12(11)24-15(16,17)18;/h3-6H,7-9H2,1-2H3,(H2,19,20,21);1H. The van der Waals surface area contributed by atoms with Crippen LogP contribution in [0, 0.1) is 6.92 Å². The molecule has 7 nitrogen and oxygen atoms in total. The summed E-state index contributed by atoms with van der Waals surface area (Å²) in [5, 5.41) is 9.63. The molecule has 0 amide bonds. The maximum absolute atomic E-state index is 12.4. The largest absolute Gasteiger partial charge is 0.573 e. The molecule has 144 valence electrons. The first-order valence-corrected chi connectivity index (χ1v) is 7.45. The van der Waals surface area contributed by atoms with Crippen molar-refractivity contribution in [2.75, 3.05) is 13.6 Å². The molecular weight excluding hydrogens is 466 g/mol. The molecular formula is C15H19F3IN5O2. The molecule has 1 aromatic carbocycles. The quantitative estimate of drug-likeness (QED) is 0.372. The van der Waals surface area contributed by atoms with Crippen LogP contribution in [0.25, 0.3) is 0 Å². The summed E-state index contributed by atoms with van der Waals surface area (Å²) in [6.07, 6.45) is -4.24. The minimum atomic E-state index is -4.74. The number of aromatic nitrogens is 2. The van der Waals surface area contributed by atoms with E-state index in [4.69, 9.17) is 4.52 Å². The number of hydrogen-bond acceptors (Lipinski definition) is 5. The van der Waals surface area contributed by atoms with Gasteiger partial charge in [0.1, 0.15) is 5.75 Å². The molecule has 2 N–H and O–H groups in total. The van der Waals surface area contributed by atoms with E-state index < -0.39 is 6.36 Å². The lowest BCUT2D eigenvalue weighted by atomic mass is 10.2. The number of aliphatic imine (C=N–C) groups is 1. The Balaban J connectivity index is 0.00000338. The number of aryl methyl sites for hydroxylation is 1. The predicted octanol–water partition coefficient (Wildman–Crippen LogP) is 2.80. The van der Waals surface area contributed by atoms with Crippen molar-refractivity contribution >= 4 is 29.9 Å². The van der Waals surface area contributed by atoms with Gasteiger partial charge >= 0.3 is 6.36 Å². The summed E-state index contributed by atoms with van der Waals surface area (Å²) in [6, 6.07) is 5.92. The maximum atomic E-state index is 12.4. The fourth-order valence-electron chi connectivity index (χ4n) is 2.00. The van der Waals surface area contributed by atoms with Crippen LogP contribution in [0.15, 0.2) is 33.8 Å².